The molecule has 2 saturated heterocycles. The summed E-state index contributed by atoms with van der Waals surface area (Å²) in [6.07, 6.45) is 0.770. The molecule has 4 nitrogen and oxygen atoms in total. The van der Waals surface area contributed by atoms with E-state index in [1.54, 1.807) is 0 Å². The molecule has 3 rings (SSSR count). The molecule has 5 heteroatoms. The predicted molar refractivity (Wildman–Crippen MR) is 80.9 cm³/mol. The van der Waals surface area contributed by atoms with Crippen molar-refractivity contribution in [1.29, 1.82) is 10.5 Å². The highest BCUT2D eigenvalue weighted by atomic mass is 28.3. The lowest BCUT2D eigenvalue weighted by atomic mass is 9.73. The molecule has 0 aromatic rings. The van der Waals surface area contributed by atoms with Gasteiger partial charge in [-0.3, -0.25) is 4.99 Å². The van der Waals surface area contributed by atoms with Crippen LogP contribution in [0.1, 0.15) is 27.2 Å². The Hall–Kier alpha value is -1.17. The zero-order valence-electron chi connectivity index (χ0n) is 13.2. The van der Waals surface area contributed by atoms with E-state index in [0.717, 1.165) is 18.2 Å². The lowest BCUT2D eigenvalue weighted by Crippen LogP contribution is -2.49. The summed E-state index contributed by atoms with van der Waals surface area (Å²) in [4.78, 5) is 6.88. The third-order valence-electron chi connectivity index (χ3n) is 5.69. The van der Waals surface area contributed by atoms with Gasteiger partial charge < -0.3 is 0 Å². The fourth-order valence-electron chi connectivity index (χ4n) is 5.10. The number of nitrogens with zero attached hydrogens (tertiary/aromatic N) is 4. The molecule has 3 unspecified atom stereocenters. The van der Waals surface area contributed by atoms with E-state index in [1.807, 2.05) is 6.92 Å². The van der Waals surface area contributed by atoms with Crippen molar-refractivity contribution in [2.24, 2.45) is 10.4 Å². The molecule has 0 saturated carbocycles. The van der Waals surface area contributed by atoms with Gasteiger partial charge in [-0.2, -0.15) is 10.5 Å². The van der Waals surface area contributed by atoms with E-state index in [0.29, 0.717) is 0 Å². The van der Waals surface area contributed by atoms with Crippen LogP contribution in [0, 0.1) is 28.1 Å². The number of rotatable bonds is 2. The van der Waals surface area contributed by atoms with E-state index >= 15 is 0 Å². The molecule has 3 heterocycles. The summed E-state index contributed by atoms with van der Waals surface area (Å²) in [5.74, 6) is 0. The molecule has 0 bridgehead atoms. The summed E-state index contributed by atoms with van der Waals surface area (Å²) < 4.78 is 0. The third kappa shape index (κ3) is 1.10. The number of fused-ring (bicyclic) bond motifs is 1. The summed E-state index contributed by atoms with van der Waals surface area (Å²) in [6.45, 7) is 13.2. The van der Waals surface area contributed by atoms with E-state index in [4.69, 9.17) is 4.99 Å². The van der Waals surface area contributed by atoms with Gasteiger partial charge >= 0.3 is 0 Å². The maximum absolute atomic E-state index is 9.92. The fourth-order valence-corrected chi connectivity index (χ4v) is 7.81. The molecule has 3 aliphatic rings. The zero-order chi connectivity index (χ0) is 15.2. The second-order valence-electron chi connectivity index (χ2n) is 8.34. The number of hydrogen-bond acceptors (Lipinski definition) is 4. The van der Waals surface area contributed by atoms with Gasteiger partial charge in [0.1, 0.15) is 11.6 Å². The molecule has 5 atom stereocenters. The number of nitriles is 2. The maximum atomic E-state index is 9.92. The van der Waals surface area contributed by atoms with E-state index in [1.165, 1.54) is 0 Å². The second-order valence-corrected chi connectivity index (χ2v) is 13.8. The molecule has 0 radical (unpaired) electrons. The molecule has 106 valence electrons. The Morgan fingerprint density at radius 1 is 1.25 bits per heavy atom. The molecule has 3 aliphatic heterocycles. The summed E-state index contributed by atoms with van der Waals surface area (Å²) in [7, 11) is -1.35. The average molecular weight is 286 g/mol. The molecule has 0 aromatic carbocycles. The van der Waals surface area contributed by atoms with E-state index in [2.05, 4.69) is 50.5 Å². The van der Waals surface area contributed by atoms with Gasteiger partial charge in [0.15, 0.2) is 0 Å². The molecule has 0 N–H and O–H groups in total. The second kappa shape index (κ2) is 3.18. The largest absolute Gasteiger partial charge is 0.254 e. The van der Waals surface area contributed by atoms with Crippen molar-refractivity contribution in [2.75, 3.05) is 0 Å². The molecular weight excluding hydrogens is 264 g/mol. The van der Waals surface area contributed by atoms with Crippen LogP contribution in [0.25, 0.3) is 0 Å². The summed E-state index contributed by atoms with van der Waals surface area (Å²) in [6, 6.07) is 6.05. The first-order valence-corrected chi connectivity index (χ1v) is 10.9. The number of aliphatic imine (C=N–C) groups is 1. The molecule has 0 aromatic heterocycles. The van der Waals surface area contributed by atoms with Crippen LogP contribution in [0.3, 0.4) is 0 Å². The lowest BCUT2D eigenvalue weighted by molar-refractivity contribution is 0.163. The van der Waals surface area contributed by atoms with Crippen molar-refractivity contribution in [3.63, 3.8) is 0 Å². The molecule has 0 spiro atoms. The SMILES string of the molecule is CC1=N[C@@]2(C#N)N3C(C#N)(C[C@]2(C)C[Si](C)(C)C)C13C. The van der Waals surface area contributed by atoms with Crippen LogP contribution >= 0.6 is 0 Å². The minimum atomic E-state index is -1.35. The summed E-state index contributed by atoms with van der Waals surface area (Å²) >= 11 is 0. The van der Waals surface area contributed by atoms with Crippen molar-refractivity contribution in [3.8, 4) is 12.1 Å². The molecule has 0 aliphatic carbocycles. The quantitative estimate of drug-likeness (QED) is 0.579. The van der Waals surface area contributed by atoms with Crippen LogP contribution in [0.2, 0.25) is 25.7 Å². The monoisotopic (exact) mass is 286 g/mol. The van der Waals surface area contributed by atoms with Gasteiger partial charge in [0.05, 0.1) is 11.6 Å². The number of piperidine rings is 1. The van der Waals surface area contributed by atoms with Gasteiger partial charge in [0.2, 0.25) is 5.66 Å². The lowest BCUT2D eigenvalue weighted by Gasteiger charge is -2.40. The molecular formula is C15H22N4Si. The van der Waals surface area contributed by atoms with Gasteiger partial charge in [0.25, 0.3) is 0 Å². The highest BCUT2D eigenvalue weighted by molar-refractivity contribution is 6.76. The predicted octanol–water partition coefficient (Wildman–Crippen LogP) is 2.77. The summed E-state index contributed by atoms with van der Waals surface area (Å²) in [5.41, 5.74) is -0.875. The van der Waals surface area contributed by atoms with E-state index in [9.17, 15) is 10.5 Å². The first-order chi connectivity index (χ1) is 9.03. The Balaban J connectivity index is 2.17. The van der Waals surface area contributed by atoms with Crippen molar-refractivity contribution >= 4 is 13.8 Å². The van der Waals surface area contributed by atoms with Crippen molar-refractivity contribution in [2.45, 2.75) is 69.6 Å². The third-order valence-corrected chi connectivity index (χ3v) is 7.53. The smallest absolute Gasteiger partial charge is 0.208 e. The minimum absolute atomic E-state index is 0.209. The van der Waals surface area contributed by atoms with Crippen LogP contribution in [0.4, 0.5) is 0 Å². The average Bonchev–Trinajstić information content (AvgIpc) is 2.63. The normalized spacial score (nSPS) is 52.0. The van der Waals surface area contributed by atoms with E-state index in [-0.39, 0.29) is 11.0 Å². The highest BCUT2D eigenvalue weighted by Crippen LogP contribution is 2.75. The van der Waals surface area contributed by atoms with Gasteiger partial charge in [-0.15, -0.1) is 0 Å². The van der Waals surface area contributed by atoms with Crippen molar-refractivity contribution < 1.29 is 0 Å². The summed E-state index contributed by atoms with van der Waals surface area (Å²) in [5, 5.41) is 19.7. The first kappa shape index (κ1) is 13.8. The van der Waals surface area contributed by atoms with Crippen LogP contribution in [-0.4, -0.2) is 35.4 Å². The highest BCUT2D eigenvalue weighted by Gasteiger charge is 2.91. The van der Waals surface area contributed by atoms with Crippen molar-refractivity contribution in [1.82, 2.24) is 4.90 Å². The Morgan fingerprint density at radius 2 is 1.85 bits per heavy atom. The van der Waals surface area contributed by atoms with Crippen molar-refractivity contribution in [3.05, 3.63) is 0 Å². The van der Waals surface area contributed by atoms with Crippen LogP contribution in [0.15, 0.2) is 4.99 Å². The Bertz CT molecular complexity index is 621. The van der Waals surface area contributed by atoms with Crippen LogP contribution in [-0.2, 0) is 0 Å². The maximum Gasteiger partial charge on any atom is 0.208 e. The Kier molecular flexibility index (Phi) is 2.19. The fraction of sp³-hybridized carbons (Fsp3) is 0.800. The minimum Gasteiger partial charge on any atom is -0.254 e. The van der Waals surface area contributed by atoms with Crippen LogP contribution in [0.5, 0.6) is 0 Å². The standard InChI is InChI=1S/C15H22N4Si/c1-11-13(3)14(8-16)7-12(2,10-20(4,5)6)15(9-17,18-11)19(13)14/h7,10H2,1-6H3/t12-,13?,14?,15+,19?/m1/s1. The molecule has 2 fully saturated rings. The van der Waals surface area contributed by atoms with Gasteiger partial charge in [-0.25, -0.2) is 4.90 Å². The molecule has 20 heavy (non-hydrogen) atoms. The number of hydrogen-bond donors (Lipinski definition) is 0. The first-order valence-electron chi connectivity index (χ1n) is 7.23. The zero-order valence-corrected chi connectivity index (χ0v) is 14.2. The van der Waals surface area contributed by atoms with Crippen LogP contribution < -0.4 is 0 Å². The van der Waals surface area contributed by atoms with Gasteiger partial charge in [-0.1, -0.05) is 26.6 Å². The van der Waals surface area contributed by atoms with Gasteiger partial charge in [-0.05, 0) is 26.3 Å². The Morgan fingerprint density at radius 3 is 2.30 bits per heavy atom. The van der Waals surface area contributed by atoms with Gasteiger partial charge in [0, 0.05) is 19.2 Å². The Labute approximate surface area is 122 Å². The topological polar surface area (TPSA) is 62.9 Å². The van der Waals surface area contributed by atoms with E-state index < -0.39 is 19.3 Å². The molecule has 0 amide bonds.